The zero-order valence-corrected chi connectivity index (χ0v) is 23.2. The summed E-state index contributed by atoms with van der Waals surface area (Å²) in [7, 11) is 0. The van der Waals surface area contributed by atoms with Crippen molar-refractivity contribution in [2.75, 3.05) is 0 Å². The highest BCUT2D eigenvalue weighted by molar-refractivity contribution is 5.67. The predicted molar refractivity (Wildman–Crippen MR) is 141 cm³/mol. The van der Waals surface area contributed by atoms with Crippen molar-refractivity contribution < 1.29 is 19.4 Å². The summed E-state index contributed by atoms with van der Waals surface area (Å²) in [5, 5.41) is 9.12. The molecule has 2 rings (SSSR count). The number of carbonyl (C=O) groups is 1. The molecule has 4 heteroatoms. The van der Waals surface area contributed by atoms with Crippen LogP contribution in [0.3, 0.4) is 0 Å². The molecule has 0 radical (unpaired) electrons. The highest BCUT2D eigenvalue weighted by Crippen LogP contribution is 2.45. The first kappa shape index (κ1) is 28.5. The fourth-order valence-corrected chi connectivity index (χ4v) is 5.50. The third-order valence-corrected chi connectivity index (χ3v) is 8.03. The van der Waals surface area contributed by atoms with Crippen LogP contribution in [0.1, 0.15) is 121 Å². The maximum absolute atomic E-state index is 11.1. The SMILES string of the molecule is Cc1c(C)c2c(c(C)c1OC(=O)O)CC[C@@](C)(CCC[C@H](C)CCC[C@H](C)CCCC(C)C)O2. The van der Waals surface area contributed by atoms with Crippen molar-refractivity contribution in [1.29, 1.82) is 0 Å². The van der Waals surface area contributed by atoms with Gasteiger partial charge >= 0.3 is 6.16 Å². The Morgan fingerprint density at radius 3 is 2.03 bits per heavy atom. The second-order valence-electron chi connectivity index (χ2n) is 11.8. The second kappa shape index (κ2) is 12.8. The molecular formula is C30H50O4. The smallest absolute Gasteiger partial charge is 0.487 e. The molecule has 0 saturated heterocycles. The topological polar surface area (TPSA) is 55.8 Å². The number of benzene rings is 1. The predicted octanol–water partition coefficient (Wildman–Crippen LogP) is 9.19. The van der Waals surface area contributed by atoms with E-state index in [1.807, 2.05) is 20.8 Å². The van der Waals surface area contributed by atoms with Crippen molar-refractivity contribution in [2.24, 2.45) is 17.8 Å². The van der Waals surface area contributed by atoms with Crippen molar-refractivity contribution in [1.82, 2.24) is 0 Å². The van der Waals surface area contributed by atoms with Gasteiger partial charge in [0, 0.05) is 5.56 Å². The first-order valence-electron chi connectivity index (χ1n) is 13.7. The van der Waals surface area contributed by atoms with Gasteiger partial charge in [-0.2, -0.15) is 0 Å². The van der Waals surface area contributed by atoms with Crippen LogP contribution in [0.25, 0.3) is 0 Å². The third kappa shape index (κ3) is 8.20. The Kier molecular flexibility index (Phi) is 10.8. The van der Waals surface area contributed by atoms with E-state index < -0.39 is 6.16 Å². The van der Waals surface area contributed by atoms with Gasteiger partial charge in [0.15, 0.2) is 0 Å². The van der Waals surface area contributed by atoms with Gasteiger partial charge in [-0.25, -0.2) is 4.79 Å². The van der Waals surface area contributed by atoms with Crippen LogP contribution in [0, 0.1) is 38.5 Å². The average Bonchev–Trinajstić information content (AvgIpc) is 2.74. The molecule has 3 atom stereocenters. The Bertz CT molecular complexity index is 813. The van der Waals surface area contributed by atoms with Gasteiger partial charge in [-0.1, -0.05) is 72.6 Å². The Labute approximate surface area is 208 Å². The minimum Gasteiger partial charge on any atom is -0.487 e. The highest BCUT2D eigenvalue weighted by atomic mass is 16.7. The molecule has 1 aromatic rings. The van der Waals surface area contributed by atoms with Gasteiger partial charge < -0.3 is 14.6 Å². The minimum absolute atomic E-state index is 0.156. The lowest BCUT2D eigenvalue weighted by Crippen LogP contribution is -2.37. The van der Waals surface area contributed by atoms with Crippen LogP contribution in [-0.4, -0.2) is 16.9 Å². The highest BCUT2D eigenvalue weighted by Gasteiger charge is 2.34. The Morgan fingerprint density at radius 1 is 0.912 bits per heavy atom. The summed E-state index contributed by atoms with van der Waals surface area (Å²) in [6.45, 7) is 17.6. The van der Waals surface area contributed by atoms with Crippen molar-refractivity contribution in [2.45, 2.75) is 132 Å². The van der Waals surface area contributed by atoms with Gasteiger partial charge in [0.25, 0.3) is 0 Å². The fourth-order valence-electron chi connectivity index (χ4n) is 5.50. The van der Waals surface area contributed by atoms with Crippen molar-refractivity contribution in [3.05, 3.63) is 22.3 Å². The van der Waals surface area contributed by atoms with E-state index in [1.54, 1.807) is 0 Å². The van der Waals surface area contributed by atoms with E-state index >= 15 is 0 Å². The Morgan fingerprint density at radius 2 is 1.47 bits per heavy atom. The number of ether oxygens (including phenoxy) is 2. The van der Waals surface area contributed by atoms with Crippen molar-refractivity contribution in [3.8, 4) is 11.5 Å². The molecule has 1 heterocycles. The number of carboxylic acid groups (broad SMARTS) is 1. The Hall–Kier alpha value is -1.71. The van der Waals surface area contributed by atoms with E-state index in [-0.39, 0.29) is 5.60 Å². The molecule has 1 aliphatic rings. The maximum atomic E-state index is 11.1. The Balaban J connectivity index is 1.82. The quantitative estimate of drug-likeness (QED) is 0.229. The molecule has 1 aromatic carbocycles. The number of hydrogen-bond donors (Lipinski definition) is 1. The summed E-state index contributed by atoms with van der Waals surface area (Å²) in [5.74, 6) is 3.87. The lowest BCUT2D eigenvalue weighted by Gasteiger charge is -2.38. The van der Waals surface area contributed by atoms with Gasteiger partial charge in [-0.05, 0) is 87.8 Å². The van der Waals surface area contributed by atoms with Gasteiger partial charge in [0.1, 0.15) is 17.1 Å². The number of rotatable bonds is 13. The van der Waals surface area contributed by atoms with Crippen LogP contribution in [-0.2, 0) is 6.42 Å². The zero-order valence-electron chi connectivity index (χ0n) is 23.2. The van der Waals surface area contributed by atoms with E-state index in [0.717, 1.165) is 65.0 Å². The van der Waals surface area contributed by atoms with Gasteiger partial charge in [-0.15, -0.1) is 0 Å². The minimum atomic E-state index is -1.26. The molecule has 0 aliphatic carbocycles. The normalized spacial score (nSPS) is 19.4. The summed E-state index contributed by atoms with van der Waals surface area (Å²) in [6, 6.07) is 0. The molecule has 4 nitrogen and oxygen atoms in total. The third-order valence-electron chi connectivity index (χ3n) is 8.03. The monoisotopic (exact) mass is 474 g/mol. The summed E-state index contributed by atoms with van der Waals surface area (Å²) in [6.07, 6.45) is 12.3. The molecular weight excluding hydrogens is 424 g/mol. The first-order valence-corrected chi connectivity index (χ1v) is 13.7. The molecule has 0 spiro atoms. The molecule has 1 aliphatic heterocycles. The van der Waals surface area contributed by atoms with E-state index in [2.05, 4.69) is 34.6 Å². The summed E-state index contributed by atoms with van der Waals surface area (Å²) in [5.41, 5.74) is 3.70. The second-order valence-corrected chi connectivity index (χ2v) is 11.8. The zero-order chi connectivity index (χ0) is 25.5. The lowest BCUT2D eigenvalue weighted by atomic mass is 9.83. The summed E-state index contributed by atoms with van der Waals surface area (Å²) >= 11 is 0. The molecule has 0 unspecified atom stereocenters. The summed E-state index contributed by atoms with van der Waals surface area (Å²) in [4.78, 5) is 11.1. The van der Waals surface area contributed by atoms with Crippen molar-refractivity contribution in [3.63, 3.8) is 0 Å². The molecule has 194 valence electrons. The molecule has 0 fully saturated rings. The largest absolute Gasteiger partial charge is 0.511 e. The van der Waals surface area contributed by atoms with Crippen LogP contribution in [0.5, 0.6) is 11.5 Å². The van der Waals surface area contributed by atoms with Crippen LogP contribution in [0.4, 0.5) is 4.79 Å². The maximum Gasteiger partial charge on any atom is 0.511 e. The van der Waals surface area contributed by atoms with E-state index in [9.17, 15) is 4.79 Å². The molecule has 0 amide bonds. The van der Waals surface area contributed by atoms with Gasteiger partial charge in [0.2, 0.25) is 0 Å². The summed E-state index contributed by atoms with van der Waals surface area (Å²) < 4.78 is 11.7. The van der Waals surface area contributed by atoms with E-state index in [1.165, 1.54) is 51.4 Å². The molecule has 0 saturated carbocycles. The fraction of sp³-hybridized carbons (Fsp3) is 0.767. The first-order chi connectivity index (χ1) is 15.9. The van der Waals surface area contributed by atoms with Gasteiger partial charge in [-0.3, -0.25) is 0 Å². The molecule has 1 N–H and O–H groups in total. The van der Waals surface area contributed by atoms with E-state index in [4.69, 9.17) is 14.6 Å². The van der Waals surface area contributed by atoms with Crippen molar-refractivity contribution >= 4 is 6.16 Å². The average molecular weight is 475 g/mol. The van der Waals surface area contributed by atoms with Gasteiger partial charge in [0.05, 0.1) is 0 Å². The van der Waals surface area contributed by atoms with Crippen LogP contribution in [0.2, 0.25) is 0 Å². The van der Waals surface area contributed by atoms with Crippen LogP contribution in [0.15, 0.2) is 0 Å². The standard InChI is InChI=1S/C30H50O4/c1-20(2)12-9-13-21(3)14-10-15-22(4)16-11-18-30(8)19-17-26-25(7)27(33-29(31)32)23(5)24(6)28(26)34-30/h20-22H,9-19H2,1-8H3,(H,31,32)/t21-,22-,30-/m1/s1. The lowest BCUT2D eigenvalue weighted by molar-refractivity contribution is 0.0511. The van der Waals surface area contributed by atoms with E-state index in [0.29, 0.717) is 5.75 Å². The molecule has 0 aromatic heterocycles. The number of fused-ring (bicyclic) bond motifs is 1. The van der Waals surface area contributed by atoms with Crippen LogP contribution >= 0.6 is 0 Å². The number of hydrogen-bond acceptors (Lipinski definition) is 3. The molecule has 0 bridgehead atoms. The van der Waals surface area contributed by atoms with Crippen LogP contribution < -0.4 is 9.47 Å². The molecule has 34 heavy (non-hydrogen) atoms.